The maximum Gasteiger partial charge on any atom is 0.333 e. The molecule has 0 spiro atoms. The second-order valence-electron chi connectivity index (χ2n) is 4.28. The van der Waals surface area contributed by atoms with Gasteiger partial charge in [-0.1, -0.05) is 38.5 Å². The van der Waals surface area contributed by atoms with Crippen molar-refractivity contribution in [1.29, 1.82) is 0 Å². The van der Waals surface area contributed by atoms with Crippen LogP contribution in [-0.2, 0) is 9.53 Å². The number of hydrogen-bond donors (Lipinski definition) is 0. The van der Waals surface area contributed by atoms with Crippen molar-refractivity contribution >= 4 is 5.97 Å². The highest BCUT2D eigenvalue weighted by Crippen LogP contribution is 2.28. The molecule has 0 heterocycles. The van der Waals surface area contributed by atoms with Crippen molar-refractivity contribution in [2.24, 2.45) is 5.92 Å². The molecule has 1 atom stereocenters. The van der Waals surface area contributed by atoms with Crippen molar-refractivity contribution in [2.45, 2.75) is 45.1 Å². The fraction of sp³-hybridized carbons (Fsp3) is 0.615. The molecule has 1 saturated carbocycles. The van der Waals surface area contributed by atoms with E-state index < -0.39 is 0 Å². The molecule has 0 saturated heterocycles. The van der Waals surface area contributed by atoms with Gasteiger partial charge in [-0.05, 0) is 25.7 Å². The first-order valence-electron chi connectivity index (χ1n) is 5.64. The van der Waals surface area contributed by atoms with Gasteiger partial charge in [-0.25, -0.2) is 4.79 Å². The molecule has 1 aliphatic carbocycles. The summed E-state index contributed by atoms with van der Waals surface area (Å²) in [5.74, 6) is 0.157. The van der Waals surface area contributed by atoms with Crippen LogP contribution in [0.5, 0.6) is 0 Å². The van der Waals surface area contributed by atoms with Crippen molar-refractivity contribution in [3.63, 3.8) is 0 Å². The van der Waals surface area contributed by atoms with Crippen LogP contribution in [0.15, 0.2) is 24.8 Å². The van der Waals surface area contributed by atoms with Gasteiger partial charge in [0.1, 0.15) is 6.10 Å². The van der Waals surface area contributed by atoms with E-state index in [9.17, 15) is 4.79 Å². The van der Waals surface area contributed by atoms with E-state index in [2.05, 4.69) is 13.2 Å². The fourth-order valence-electron chi connectivity index (χ4n) is 2.02. The maximum absolute atomic E-state index is 11.4. The molecule has 0 aromatic rings. The summed E-state index contributed by atoms with van der Waals surface area (Å²) in [6.45, 7) is 8.99. The lowest BCUT2D eigenvalue weighted by Crippen LogP contribution is -2.27. The molecule has 0 aliphatic heterocycles. The van der Waals surface area contributed by atoms with Gasteiger partial charge in [0.05, 0.1) is 0 Å². The van der Waals surface area contributed by atoms with Gasteiger partial charge in [-0.2, -0.15) is 0 Å². The lowest BCUT2D eigenvalue weighted by Gasteiger charge is -2.27. The molecule has 1 unspecified atom stereocenters. The quantitative estimate of drug-likeness (QED) is 0.403. The van der Waals surface area contributed by atoms with Crippen LogP contribution >= 0.6 is 0 Å². The Morgan fingerprint density at radius 1 is 1.40 bits per heavy atom. The molecule has 0 bridgehead atoms. The van der Waals surface area contributed by atoms with Crippen LogP contribution in [0.2, 0.25) is 0 Å². The molecule has 1 fully saturated rings. The summed E-state index contributed by atoms with van der Waals surface area (Å²) >= 11 is 0. The number of hydrogen-bond acceptors (Lipinski definition) is 2. The van der Waals surface area contributed by atoms with Gasteiger partial charge in [-0.15, -0.1) is 0 Å². The van der Waals surface area contributed by atoms with Crippen LogP contribution in [0.25, 0.3) is 0 Å². The maximum atomic E-state index is 11.4. The fourth-order valence-corrected chi connectivity index (χ4v) is 2.02. The Hall–Kier alpha value is -1.05. The molecule has 2 heteroatoms. The standard InChI is InChI=1S/C13H20O2/c1-4-12(15-13(14)10(2)3)11-8-6-5-7-9-11/h4,11-12H,1-2,5-9H2,3H3. The van der Waals surface area contributed by atoms with Gasteiger partial charge >= 0.3 is 5.97 Å². The average molecular weight is 208 g/mol. The first-order valence-corrected chi connectivity index (χ1v) is 5.64. The van der Waals surface area contributed by atoms with Gasteiger partial charge in [0.2, 0.25) is 0 Å². The largest absolute Gasteiger partial charge is 0.455 e. The minimum Gasteiger partial charge on any atom is -0.455 e. The molecule has 1 rings (SSSR count). The Morgan fingerprint density at radius 2 is 2.00 bits per heavy atom. The summed E-state index contributed by atoms with van der Waals surface area (Å²) in [6, 6.07) is 0. The Kier molecular flexibility index (Phi) is 4.60. The van der Waals surface area contributed by atoms with Crippen LogP contribution in [0.1, 0.15) is 39.0 Å². The summed E-state index contributed by atoms with van der Waals surface area (Å²) in [5.41, 5.74) is 0.456. The van der Waals surface area contributed by atoms with E-state index in [0.717, 1.165) is 12.8 Å². The minimum atomic E-state index is -0.300. The second kappa shape index (κ2) is 5.74. The number of carbonyl (C=O) groups excluding carboxylic acids is 1. The van der Waals surface area contributed by atoms with Crippen molar-refractivity contribution in [3.05, 3.63) is 24.8 Å². The topological polar surface area (TPSA) is 26.3 Å². The normalized spacial score (nSPS) is 19.3. The average Bonchev–Trinajstić information content (AvgIpc) is 2.26. The molecular formula is C13H20O2. The molecular weight excluding hydrogens is 188 g/mol. The summed E-state index contributed by atoms with van der Waals surface area (Å²) in [4.78, 5) is 11.4. The predicted molar refractivity (Wildman–Crippen MR) is 61.5 cm³/mol. The SMILES string of the molecule is C=CC(OC(=O)C(=C)C)C1CCCCC1. The summed E-state index contributed by atoms with van der Waals surface area (Å²) < 4.78 is 5.34. The van der Waals surface area contributed by atoms with E-state index in [1.54, 1.807) is 13.0 Å². The zero-order valence-electron chi connectivity index (χ0n) is 9.50. The smallest absolute Gasteiger partial charge is 0.333 e. The van der Waals surface area contributed by atoms with Crippen LogP contribution in [-0.4, -0.2) is 12.1 Å². The summed E-state index contributed by atoms with van der Waals surface area (Å²) in [6.07, 6.45) is 7.67. The van der Waals surface area contributed by atoms with E-state index in [0.29, 0.717) is 11.5 Å². The van der Waals surface area contributed by atoms with Crippen molar-refractivity contribution < 1.29 is 9.53 Å². The van der Waals surface area contributed by atoms with E-state index in [-0.39, 0.29) is 12.1 Å². The van der Waals surface area contributed by atoms with Crippen LogP contribution < -0.4 is 0 Å². The van der Waals surface area contributed by atoms with Crippen molar-refractivity contribution in [3.8, 4) is 0 Å². The Bertz CT molecular complexity index is 249. The number of carbonyl (C=O) groups is 1. The third-order valence-corrected chi connectivity index (χ3v) is 2.94. The number of rotatable bonds is 4. The Balaban J connectivity index is 2.50. The highest BCUT2D eigenvalue weighted by molar-refractivity contribution is 5.87. The molecule has 0 amide bonds. The molecule has 2 nitrogen and oxygen atoms in total. The predicted octanol–water partition coefficient (Wildman–Crippen LogP) is 3.24. The number of esters is 1. The van der Waals surface area contributed by atoms with Gasteiger partial charge in [0.25, 0.3) is 0 Å². The highest BCUT2D eigenvalue weighted by atomic mass is 16.5. The van der Waals surface area contributed by atoms with Gasteiger partial charge in [0.15, 0.2) is 0 Å². The number of ether oxygens (including phenoxy) is 1. The molecule has 0 aromatic heterocycles. The Morgan fingerprint density at radius 3 is 2.47 bits per heavy atom. The lowest BCUT2D eigenvalue weighted by atomic mass is 9.85. The first-order chi connectivity index (χ1) is 7.15. The van der Waals surface area contributed by atoms with E-state index >= 15 is 0 Å². The second-order valence-corrected chi connectivity index (χ2v) is 4.28. The van der Waals surface area contributed by atoms with Crippen LogP contribution in [0.3, 0.4) is 0 Å². The van der Waals surface area contributed by atoms with Crippen molar-refractivity contribution in [2.75, 3.05) is 0 Å². The van der Waals surface area contributed by atoms with Crippen LogP contribution in [0, 0.1) is 5.92 Å². The van der Waals surface area contributed by atoms with E-state index in [4.69, 9.17) is 4.74 Å². The van der Waals surface area contributed by atoms with E-state index in [1.807, 2.05) is 0 Å². The molecule has 15 heavy (non-hydrogen) atoms. The Labute approximate surface area is 92.0 Å². The summed E-state index contributed by atoms with van der Waals surface area (Å²) in [5, 5.41) is 0. The molecule has 0 N–H and O–H groups in total. The van der Waals surface area contributed by atoms with Crippen LogP contribution in [0.4, 0.5) is 0 Å². The molecule has 1 aliphatic rings. The minimum absolute atomic E-state index is 0.130. The molecule has 84 valence electrons. The van der Waals surface area contributed by atoms with Gasteiger partial charge in [-0.3, -0.25) is 0 Å². The van der Waals surface area contributed by atoms with Gasteiger partial charge in [0, 0.05) is 5.57 Å². The summed E-state index contributed by atoms with van der Waals surface area (Å²) in [7, 11) is 0. The zero-order chi connectivity index (χ0) is 11.3. The van der Waals surface area contributed by atoms with E-state index in [1.165, 1.54) is 19.3 Å². The van der Waals surface area contributed by atoms with Crippen molar-refractivity contribution in [1.82, 2.24) is 0 Å². The first kappa shape index (κ1) is 12.0. The third-order valence-electron chi connectivity index (χ3n) is 2.94. The monoisotopic (exact) mass is 208 g/mol. The zero-order valence-corrected chi connectivity index (χ0v) is 9.50. The third kappa shape index (κ3) is 3.54. The van der Waals surface area contributed by atoms with Gasteiger partial charge < -0.3 is 4.74 Å². The molecule has 0 radical (unpaired) electrons. The highest BCUT2D eigenvalue weighted by Gasteiger charge is 2.24. The lowest BCUT2D eigenvalue weighted by molar-refractivity contribution is -0.144. The molecule has 0 aromatic carbocycles.